The van der Waals surface area contributed by atoms with E-state index in [4.69, 9.17) is 0 Å². The zero-order valence-electron chi connectivity index (χ0n) is 18.4. The van der Waals surface area contributed by atoms with Crippen LogP contribution in [0, 0.1) is 12.7 Å². The average Bonchev–Trinajstić information content (AvgIpc) is 3.27. The lowest BCUT2D eigenvalue weighted by Crippen LogP contribution is -2.22. The Morgan fingerprint density at radius 3 is 2.50 bits per heavy atom. The van der Waals surface area contributed by atoms with Crippen LogP contribution in [0.2, 0.25) is 0 Å². The zero-order chi connectivity index (χ0) is 23.7. The van der Waals surface area contributed by atoms with Crippen LogP contribution in [0.1, 0.15) is 28.8 Å². The normalized spacial score (nSPS) is 11.4. The van der Waals surface area contributed by atoms with Crippen molar-refractivity contribution in [2.75, 3.05) is 5.75 Å². The van der Waals surface area contributed by atoms with Gasteiger partial charge in [-0.25, -0.2) is 8.96 Å². The maximum absolute atomic E-state index is 13.4. The van der Waals surface area contributed by atoms with Gasteiger partial charge in [-0.2, -0.15) is 0 Å². The van der Waals surface area contributed by atoms with Gasteiger partial charge in [-0.1, -0.05) is 42.1 Å². The molecule has 0 amide bonds. The van der Waals surface area contributed by atoms with Gasteiger partial charge in [0.2, 0.25) is 5.78 Å². The summed E-state index contributed by atoms with van der Waals surface area (Å²) in [5, 5.41) is 9.98. The van der Waals surface area contributed by atoms with Crippen LogP contribution in [0.5, 0.6) is 0 Å². The van der Waals surface area contributed by atoms with Gasteiger partial charge in [0.15, 0.2) is 10.9 Å². The highest BCUT2D eigenvalue weighted by atomic mass is 32.2. The summed E-state index contributed by atoms with van der Waals surface area (Å²) in [4.78, 5) is 25.8. The van der Waals surface area contributed by atoms with Gasteiger partial charge in [0.05, 0.1) is 16.6 Å². The molecule has 5 aromatic rings. The molecule has 170 valence electrons. The van der Waals surface area contributed by atoms with E-state index in [1.165, 1.54) is 36.0 Å². The number of ketones is 1. The first-order valence-electron chi connectivity index (χ1n) is 10.9. The van der Waals surface area contributed by atoms with E-state index < -0.39 is 0 Å². The van der Waals surface area contributed by atoms with Crippen molar-refractivity contribution in [1.82, 2.24) is 19.2 Å². The predicted molar refractivity (Wildman–Crippen MR) is 132 cm³/mol. The third-order valence-electron chi connectivity index (χ3n) is 5.70. The summed E-state index contributed by atoms with van der Waals surface area (Å²) >= 11 is 1.49. The van der Waals surface area contributed by atoms with E-state index in [9.17, 15) is 14.0 Å². The Labute approximate surface area is 199 Å². The lowest BCUT2D eigenvalue weighted by Gasteiger charge is -2.13. The summed E-state index contributed by atoms with van der Waals surface area (Å²) in [7, 11) is 0. The second-order valence-electron chi connectivity index (χ2n) is 7.94. The molecule has 0 aliphatic heterocycles. The number of para-hydroxylation sites is 2. The number of fused-ring (bicyclic) bond motifs is 3. The maximum Gasteiger partial charge on any atom is 0.267 e. The molecule has 0 spiro atoms. The molecule has 0 saturated heterocycles. The minimum absolute atomic E-state index is 0.0226. The predicted octanol–water partition coefficient (Wildman–Crippen LogP) is 5.24. The Morgan fingerprint density at radius 1 is 0.971 bits per heavy atom. The first-order chi connectivity index (χ1) is 16.5. The van der Waals surface area contributed by atoms with Gasteiger partial charge in [0, 0.05) is 17.7 Å². The first-order valence-corrected chi connectivity index (χ1v) is 11.9. The van der Waals surface area contributed by atoms with Crippen LogP contribution in [0.4, 0.5) is 4.39 Å². The number of hydrogen-bond donors (Lipinski definition) is 0. The van der Waals surface area contributed by atoms with Crippen LogP contribution in [-0.4, -0.2) is 30.7 Å². The second kappa shape index (κ2) is 9.23. The van der Waals surface area contributed by atoms with E-state index in [2.05, 4.69) is 10.2 Å². The molecule has 2 aromatic heterocycles. The summed E-state index contributed by atoms with van der Waals surface area (Å²) in [6.07, 6.45) is 0.981. The van der Waals surface area contributed by atoms with Crippen molar-refractivity contribution >= 4 is 34.2 Å². The quantitative estimate of drug-likeness (QED) is 0.184. The summed E-state index contributed by atoms with van der Waals surface area (Å²) in [6, 6.07) is 20.7. The SMILES string of the molecule is Cc1ccccc1-n1c(=O)c2ccccc2n2c(SCCCC(=O)c3ccc(F)cc3)nnc12. The lowest BCUT2D eigenvalue weighted by molar-refractivity contribution is 0.0982. The van der Waals surface area contributed by atoms with Crippen molar-refractivity contribution in [3.05, 3.63) is 100 Å². The van der Waals surface area contributed by atoms with Crippen molar-refractivity contribution in [2.24, 2.45) is 0 Å². The number of thioether (sulfide) groups is 1. The fourth-order valence-electron chi connectivity index (χ4n) is 3.98. The van der Waals surface area contributed by atoms with Crippen LogP contribution in [0.3, 0.4) is 0 Å². The number of aromatic nitrogens is 4. The van der Waals surface area contributed by atoms with Crippen LogP contribution in [-0.2, 0) is 0 Å². The molecule has 0 unspecified atom stereocenters. The Balaban J connectivity index is 1.46. The first kappa shape index (κ1) is 22.0. The molecule has 0 saturated carbocycles. The van der Waals surface area contributed by atoms with Gasteiger partial charge in [0.25, 0.3) is 5.56 Å². The Hall–Kier alpha value is -3.78. The van der Waals surface area contributed by atoms with Crippen LogP contribution >= 0.6 is 11.8 Å². The van der Waals surface area contributed by atoms with Gasteiger partial charge in [-0.05, 0) is 61.4 Å². The molecule has 2 heterocycles. The maximum atomic E-state index is 13.4. The molecule has 6 nitrogen and oxygen atoms in total. The van der Waals surface area contributed by atoms with Crippen LogP contribution in [0.25, 0.3) is 22.4 Å². The number of halogens is 1. The molecular weight excluding hydrogens is 451 g/mol. The molecule has 5 rings (SSSR count). The molecule has 3 aromatic carbocycles. The average molecular weight is 473 g/mol. The third kappa shape index (κ3) is 4.01. The molecule has 0 N–H and O–H groups in total. The van der Waals surface area contributed by atoms with Crippen LogP contribution in [0.15, 0.2) is 82.7 Å². The van der Waals surface area contributed by atoms with Crippen molar-refractivity contribution in [3.63, 3.8) is 0 Å². The number of carbonyl (C=O) groups excluding carboxylic acids is 1. The van der Waals surface area contributed by atoms with Gasteiger partial charge in [0.1, 0.15) is 5.82 Å². The van der Waals surface area contributed by atoms with Gasteiger partial charge in [-0.15, -0.1) is 10.2 Å². The van der Waals surface area contributed by atoms with E-state index in [0.29, 0.717) is 40.5 Å². The lowest BCUT2D eigenvalue weighted by atomic mass is 10.1. The summed E-state index contributed by atoms with van der Waals surface area (Å²) < 4.78 is 16.6. The minimum Gasteiger partial charge on any atom is -0.294 e. The third-order valence-corrected chi connectivity index (χ3v) is 6.71. The number of nitrogens with zero attached hydrogens (tertiary/aromatic N) is 4. The molecule has 34 heavy (non-hydrogen) atoms. The molecule has 0 radical (unpaired) electrons. The van der Waals surface area contributed by atoms with Crippen molar-refractivity contribution in [1.29, 1.82) is 0 Å². The zero-order valence-corrected chi connectivity index (χ0v) is 19.3. The highest BCUT2D eigenvalue weighted by Gasteiger charge is 2.18. The Morgan fingerprint density at radius 2 is 1.71 bits per heavy atom. The Kier molecular flexibility index (Phi) is 5.98. The number of rotatable bonds is 7. The molecule has 0 bridgehead atoms. The summed E-state index contributed by atoms with van der Waals surface area (Å²) in [5.74, 6) is 0.710. The van der Waals surface area contributed by atoms with Gasteiger partial charge < -0.3 is 0 Å². The molecule has 8 heteroatoms. The summed E-state index contributed by atoms with van der Waals surface area (Å²) in [6.45, 7) is 1.96. The van der Waals surface area contributed by atoms with E-state index in [0.717, 1.165) is 16.8 Å². The number of aryl methyl sites for hydroxylation is 1. The summed E-state index contributed by atoms with van der Waals surface area (Å²) in [5.41, 5.74) is 2.82. The smallest absolute Gasteiger partial charge is 0.267 e. The monoisotopic (exact) mass is 472 g/mol. The van der Waals surface area contributed by atoms with Crippen molar-refractivity contribution < 1.29 is 9.18 Å². The highest BCUT2D eigenvalue weighted by Crippen LogP contribution is 2.25. The van der Waals surface area contributed by atoms with Gasteiger partial charge >= 0.3 is 0 Å². The van der Waals surface area contributed by atoms with E-state index in [-0.39, 0.29) is 17.2 Å². The number of carbonyl (C=O) groups is 1. The molecule has 0 aliphatic rings. The van der Waals surface area contributed by atoms with Crippen molar-refractivity contribution in [2.45, 2.75) is 24.9 Å². The second-order valence-corrected chi connectivity index (χ2v) is 9.01. The Bertz CT molecular complexity index is 1570. The number of Topliss-reactive ketones (excluding diaryl/α,β-unsaturated/α-hetero) is 1. The molecule has 0 aliphatic carbocycles. The van der Waals surface area contributed by atoms with E-state index >= 15 is 0 Å². The standard InChI is InChI=1S/C26H21FN4O2S/c1-17-7-2-4-9-21(17)30-24(33)20-8-3-5-10-22(20)31-25(30)28-29-26(31)34-16-6-11-23(32)18-12-14-19(27)15-13-18/h2-5,7-10,12-15H,6,11,16H2,1H3. The highest BCUT2D eigenvalue weighted by molar-refractivity contribution is 7.99. The molecule has 0 fully saturated rings. The minimum atomic E-state index is -0.359. The largest absolute Gasteiger partial charge is 0.294 e. The van der Waals surface area contributed by atoms with Crippen LogP contribution < -0.4 is 5.56 Å². The molecular formula is C26H21FN4O2S. The van der Waals surface area contributed by atoms with E-state index in [1.54, 1.807) is 4.57 Å². The fraction of sp³-hybridized carbons (Fsp3) is 0.154. The number of benzene rings is 3. The fourth-order valence-corrected chi connectivity index (χ4v) is 4.86. The molecule has 0 atom stereocenters. The topological polar surface area (TPSA) is 69.3 Å². The van der Waals surface area contributed by atoms with E-state index in [1.807, 2.05) is 59.9 Å². The van der Waals surface area contributed by atoms with Gasteiger partial charge in [-0.3, -0.25) is 14.0 Å². The number of hydrogen-bond acceptors (Lipinski definition) is 5. The van der Waals surface area contributed by atoms with Crippen molar-refractivity contribution in [3.8, 4) is 5.69 Å².